The van der Waals surface area contributed by atoms with Crippen LogP contribution in [-0.4, -0.2) is 45.3 Å². The van der Waals surface area contributed by atoms with Gasteiger partial charge in [-0.25, -0.2) is 4.79 Å². The second-order valence-electron chi connectivity index (χ2n) is 4.58. The van der Waals surface area contributed by atoms with Gasteiger partial charge in [-0.3, -0.25) is 10.1 Å². The monoisotopic (exact) mass is 284 g/mol. The molecule has 1 aromatic rings. The number of rotatable bonds is 3. The van der Waals surface area contributed by atoms with Gasteiger partial charge in [0.1, 0.15) is 5.01 Å². The predicted octanol–water partition coefficient (Wildman–Crippen LogP) is 1.57. The average molecular weight is 284 g/mol. The second-order valence-corrected chi connectivity index (χ2v) is 5.77. The molecule has 0 bridgehead atoms. The maximum absolute atomic E-state index is 11.9. The molecule has 8 heteroatoms. The smallest absolute Gasteiger partial charge is 0.323 e. The molecule has 0 spiro atoms. The first-order chi connectivity index (χ1) is 9.04. The van der Waals surface area contributed by atoms with Crippen molar-refractivity contribution < 1.29 is 14.7 Å². The molecule has 0 aromatic carbocycles. The Morgan fingerprint density at radius 1 is 1.42 bits per heavy atom. The van der Waals surface area contributed by atoms with E-state index in [0.29, 0.717) is 18.2 Å². The highest BCUT2D eigenvalue weighted by Gasteiger charge is 2.24. The minimum Gasteiger partial charge on any atom is -0.481 e. The van der Waals surface area contributed by atoms with E-state index in [4.69, 9.17) is 5.11 Å². The van der Waals surface area contributed by atoms with Crippen molar-refractivity contribution in [2.75, 3.05) is 18.4 Å². The fraction of sp³-hybridized carbons (Fsp3) is 0.636. The molecule has 0 radical (unpaired) electrons. The molecular weight excluding hydrogens is 268 g/mol. The number of amides is 2. The number of aryl methyl sites for hydroxylation is 1. The first-order valence-electron chi connectivity index (χ1n) is 6.12. The lowest BCUT2D eigenvalue weighted by atomic mass is 9.94. The molecule has 0 aliphatic carbocycles. The van der Waals surface area contributed by atoms with Crippen molar-refractivity contribution in [2.45, 2.75) is 26.2 Å². The maximum atomic E-state index is 11.9. The zero-order valence-corrected chi connectivity index (χ0v) is 11.4. The quantitative estimate of drug-likeness (QED) is 0.878. The molecule has 1 aromatic heterocycles. The Morgan fingerprint density at radius 2 is 2.11 bits per heavy atom. The average Bonchev–Trinajstić information content (AvgIpc) is 2.75. The summed E-state index contributed by atoms with van der Waals surface area (Å²) >= 11 is 1.33. The molecule has 0 atom stereocenters. The summed E-state index contributed by atoms with van der Waals surface area (Å²) in [6.45, 7) is 2.99. The standard InChI is InChI=1S/C11H16N4O3S/c1-7-13-14-10(19-7)12-11(18)15-4-2-8(3-5-15)6-9(16)17/h8H,2-6H2,1H3,(H,16,17)(H,12,14,18). The summed E-state index contributed by atoms with van der Waals surface area (Å²) in [5, 5.41) is 20.4. The number of carboxylic acids is 1. The van der Waals surface area contributed by atoms with Crippen molar-refractivity contribution in [3.05, 3.63) is 5.01 Å². The van der Waals surface area contributed by atoms with Gasteiger partial charge in [0, 0.05) is 19.5 Å². The number of aliphatic carboxylic acids is 1. The molecule has 2 heterocycles. The largest absolute Gasteiger partial charge is 0.481 e. The van der Waals surface area contributed by atoms with Crippen LogP contribution < -0.4 is 5.32 Å². The van der Waals surface area contributed by atoms with Crippen molar-refractivity contribution in [1.29, 1.82) is 0 Å². The minimum absolute atomic E-state index is 0.172. The van der Waals surface area contributed by atoms with Crippen molar-refractivity contribution in [3.63, 3.8) is 0 Å². The zero-order chi connectivity index (χ0) is 13.8. The van der Waals surface area contributed by atoms with Gasteiger partial charge in [0.25, 0.3) is 0 Å². The molecule has 0 saturated carbocycles. The fourth-order valence-electron chi connectivity index (χ4n) is 2.10. The van der Waals surface area contributed by atoms with E-state index in [1.807, 2.05) is 6.92 Å². The summed E-state index contributed by atoms with van der Waals surface area (Å²) in [6, 6.07) is -0.190. The number of carboxylic acid groups (broad SMARTS) is 1. The van der Waals surface area contributed by atoms with E-state index < -0.39 is 5.97 Å². The Kier molecular flexibility index (Phi) is 4.31. The molecule has 2 amide bonds. The lowest BCUT2D eigenvalue weighted by molar-refractivity contribution is -0.138. The number of carbonyl (C=O) groups excluding carboxylic acids is 1. The van der Waals surface area contributed by atoms with Crippen LogP contribution in [0, 0.1) is 12.8 Å². The number of anilines is 1. The number of piperidine rings is 1. The number of carbonyl (C=O) groups is 2. The maximum Gasteiger partial charge on any atom is 0.323 e. The van der Waals surface area contributed by atoms with Crippen molar-refractivity contribution >= 4 is 28.5 Å². The first kappa shape index (κ1) is 13.7. The highest BCUT2D eigenvalue weighted by molar-refractivity contribution is 7.15. The Balaban J connectivity index is 1.80. The van der Waals surface area contributed by atoms with Crippen molar-refractivity contribution in [3.8, 4) is 0 Å². The van der Waals surface area contributed by atoms with E-state index >= 15 is 0 Å². The molecule has 1 aliphatic rings. The van der Waals surface area contributed by atoms with Gasteiger partial charge in [-0.05, 0) is 25.7 Å². The molecule has 0 unspecified atom stereocenters. The van der Waals surface area contributed by atoms with Gasteiger partial charge >= 0.3 is 12.0 Å². The summed E-state index contributed by atoms with van der Waals surface area (Å²) in [7, 11) is 0. The van der Waals surface area contributed by atoms with E-state index in [1.165, 1.54) is 11.3 Å². The van der Waals surface area contributed by atoms with Gasteiger partial charge in [0.2, 0.25) is 5.13 Å². The number of nitrogens with zero attached hydrogens (tertiary/aromatic N) is 3. The number of urea groups is 1. The fourth-order valence-corrected chi connectivity index (χ4v) is 2.69. The lowest BCUT2D eigenvalue weighted by Gasteiger charge is -2.30. The van der Waals surface area contributed by atoms with Gasteiger partial charge in [-0.2, -0.15) is 0 Å². The highest BCUT2D eigenvalue weighted by atomic mass is 32.1. The van der Waals surface area contributed by atoms with Crippen molar-refractivity contribution in [2.24, 2.45) is 5.92 Å². The van der Waals surface area contributed by atoms with Crippen LogP contribution in [0.4, 0.5) is 9.93 Å². The summed E-state index contributed by atoms with van der Waals surface area (Å²) in [5.41, 5.74) is 0. The van der Waals surface area contributed by atoms with Crippen LogP contribution in [-0.2, 0) is 4.79 Å². The topological polar surface area (TPSA) is 95.4 Å². The number of likely N-dealkylation sites (tertiary alicyclic amines) is 1. The number of nitrogens with one attached hydrogen (secondary N) is 1. The van der Waals surface area contributed by atoms with Gasteiger partial charge in [-0.1, -0.05) is 11.3 Å². The molecule has 7 nitrogen and oxygen atoms in total. The highest BCUT2D eigenvalue weighted by Crippen LogP contribution is 2.21. The lowest BCUT2D eigenvalue weighted by Crippen LogP contribution is -2.41. The third-order valence-corrected chi connectivity index (χ3v) is 3.86. The molecule has 104 valence electrons. The second kappa shape index (κ2) is 5.96. The Bertz CT molecular complexity index is 468. The molecule has 1 saturated heterocycles. The van der Waals surface area contributed by atoms with Gasteiger partial charge in [0.05, 0.1) is 0 Å². The van der Waals surface area contributed by atoms with E-state index in [1.54, 1.807) is 4.90 Å². The van der Waals surface area contributed by atoms with Crippen molar-refractivity contribution in [1.82, 2.24) is 15.1 Å². The van der Waals surface area contributed by atoms with E-state index in [9.17, 15) is 9.59 Å². The van der Waals surface area contributed by atoms with Crippen LogP contribution in [0.1, 0.15) is 24.3 Å². The van der Waals surface area contributed by atoms with E-state index in [-0.39, 0.29) is 18.4 Å². The van der Waals surface area contributed by atoms with Gasteiger partial charge in [0.15, 0.2) is 0 Å². The van der Waals surface area contributed by atoms with Gasteiger partial charge in [-0.15, -0.1) is 10.2 Å². The van der Waals surface area contributed by atoms with Gasteiger partial charge < -0.3 is 10.0 Å². The number of hydrogen-bond donors (Lipinski definition) is 2. The molecular formula is C11H16N4O3S. The Morgan fingerprint density at radius 3 is 2.63 bits per heavy atom. The van der Waals surface area contributed by atoms with Crippen LogP contribution in [0.2, 0.25) is 0 Å². The Labute approximate surface area is 114 Å². The van der Waals surface area contributed by atoms with E-state index in [0.717, 1.165) is 17.8 Å². The first-order valence-corrected chi connectivity index (χ1v) is 6.94. The molecule has 1 aliphatic heterocycles. The van der Waals surface area contributed by atoms with Crippen LogP contribution in [0.5, 0.6) is 0 Å². The SMILES string of the molecule is Cc1nnc(NC(=O)N2CCC(CC(=O)O)CC2)s1. The third-order valence-electron chi connectivity index (χ3n) is 3.10. The number of hydrogen-bond acceptors (Lipinski definition) is 5. The molecule has 1 fully saturated rings. The van der Waals surface area contributed by atoms with Crippen LogP contribution in [0.3, 0.4) is 0 Å². The summed E-state index contributed by atoms with van der Waals surface area (Å²) < 4.78 is 0. The summed E-state index contributed by atoms with van der Waals surface area (Å²) in [5.74, 6) is -0.599. The predicted molar refractivity (Wildman–Crippen MR) is 70.2 cm³/mol. The van der Waals surface area contributed by atoms with E-state index in [2.05, 4.69) is 15.5 Å². The summed E-state index contributed by atoms with van der Waals surface area (Å²) in [6.07, 6.45) is 1.65. The molecule has 2 rings (SSSR count). The molecule has 19 heavy (non-hydrogen) atoms. The molecule has 2 N–H and O–H groups in total. The number of aromatic nitrogens is 2. The normalized spacial score (nSPS) is 16.4. The third kappa shape index (κ3) is 3.88. The summed E-state index contributed by atoms with van der Waals surface area (Å²) in [4.78, 5) is 24.3. The van der Waals surface area contributed by atoms with Crippen LogP contribution >= 0.6 is 11.3 Å². The zero-order valence-electron chi connectivity index (χ0n) is 10.6. The minimum atomic E-state index is -0.771. The van der Waals surface area contributed by atoms with Crippen LogP contribution in [0.25, 0.3) is 0 Å². The van der Waals surface area contributed by atoms with Crippen LogP contribution in [0.15, 0.2) is 0 Å². The Hall–Kier alpha value is -1.70.